The van der Waals surface area contributed by atoms with E-state index < -0.39 is 0 Å². The molecule has 0 N–H and O–H groups in total. The van der Waals surface area contributed by atoms with Crippen molar-refractivity contribution in [3.05, 3.63) is 52.3 Å². The van der Waals surface area contributed by atoms with Gasteiger partial charge >= 0.3 is 0 Å². The summed E-state index contributed by atoms with van der Waals surface area (Å²) in [6.07, 6.45) is 2.03. The second kappa shape index (κ2) is 5.39. The molecule has 100 valence electrons. The number of nitrogens with zero attached hydrogens (tertiary/aromatic N) is 2. The van der Waals surface area contributed by atoms with E-state index >= 15 is 0 Å². The highest BCUT2D eigenvalue weighted by Gasteiger charge is 2.18. The number of rotatable bonds is 3. The highest BCUT2D eigenvalue weighted by Crippen LogP contribution is 2.17. The molecule has 19 heavy (non-hydrogen) atoms. The number of aryl methyl sites for hydroxylation is 2. The third kappa shape index (κ3) is 2.46. The van der Waals surface area contributed by atoms with Crippen LogP contribution in [0.5, 0.6) is 0 Å². The fourth-order valence-corrected chi connectivity index (χ4v) is 2.41. The average Bonchev–Trinajstić information content (AvgIpc) is 2.67. The van der Waals surface area contributed by atoms with Crippen LogP contribution < -0.4 is 0 Å². The second-order valence-corrected chi connectivity index (χ2v) is 4.93. The lowest BCUT2D eigenvalue weighted by molar-refractivity contribution is 0.0941. The van der Waals surface area contributed by atoms with Crippen LogP contribution in [-0.2, 0) is 6.42 Å². The molecular formula is C16H20N2O. The van der Waals surface area contributed by atoms with Gasteiger partial charge in [-0.25, -0.2) is 4.68 Å². The molecule has 0 fully saturated rings. The number of carbonyl (C=O) groups is 1. The summed E-state index contributed by atoms with van der Waals surface area (Å²) >= 11 is 0. The summed E-state index contributed by atoms with van der Waals surface area (Å²) in [5.74, 6) is -0.0407. The molecule has 2 aromatic rings. The van der Waals surface area contributed by atoms with E-state index in [9.17, 15) is 4.79 Å². The summed E-state index contributed by atoms with van der Waals surface area (Å²) in [6.45, 7) is 8.03. The number of hydrogen-bond acceptors (Lipinski definition) is 2. The lowest BCUT2D eigenvalue weighted by Crippen LogP contribution is -2.16. The molecule has 0 amide bonds. The van der Waals surface area contributed by atoms with Gasteiger partial charge in [-0.15, -0.1) is 0 Å². The van der Waals surface area contributed by atoms with E-state index in [1.807, 2.05) is 45.0 Å². The van der Waals surface area contributed by atoms with Gasteiger partial charge in [0.15, 0.2) is 0 Å². The summed E-state index contributed by atoms with van der Waals surface area (Å²) < 4.78 is 1.54. The third-order valence-electron chi connectivity index (χ3n) is 3.51. The summed E-state index contributed by atoms with van der Waals surface area (Å²) in [4.78, 5) is 12.6. The minimum Gasteiger partial charge on any atom is -0.267 e. The van der Waals surface area contributed by atoms with Crippen molar-refractivity contribution in [2.75, 3.05) is 0 Å². The Balaban J connectivity index is 2.46. The number of benzene rings is 1. The first kappa shape index (κ1) is 13.5. The monoisotopic (exact) mass is 256 g/mol. The molecule has 3 heteroatoms. The highest BCUT2D eigenvalue weighted by atomic mass is 16.2. The van der Waals surface area contributed by atoms with Gasteiger partial charge in [0, 0.05) is 11.3 Å². The first-order chi connectivity index (χ1) is 9.06. The van der Waals surface area contributed by atoms with Crippen molar-refractivity contribution in [2.45, 2.75) is 40.5 Å². The predicted molar refractivity (Wildman–Crippen MR) is 76.6 cm³/mol. The van der Waals surface area contributed by atoms with E-state index in [0.717, 1.165) is 35.4 Å². The van der Waals surface area contributed by atoms with Gasteiger partial charge in [-0.3, -0.25) is 4.79 Å². The Labute approximate surface area is 114 Å². The van der Waals surface area contributed by atoms with Crippen molar-refractivity contribution in [1.82, 2.24) is 9.78 Å². The standard InChI is InChI=1S/C16H20N2O/c1-5-8-15-12(3)17-18(13(15)4)16(19)14-10-7-6-9-11(14)2/h6-7,9-10H,5,8H2,1-4H3. The van der Waals surface area contributed by atoms with Crippen molar-refractivity contribution < 1.29 is 4.79 Å². The van der Waals surface area contributed by atoms with E-state index in [0.29, 0.717) is 0 Å². The molecule has 0 radical (unpaired) electrons. The van der Waals surface area contributed by atoms with Crippen LogP contribution in [0.3, 0.4) is 0 Å². The Hall–Kier alpha value is -1.90. The molecule has 0 aliphatic carbocycles. The molecule has 0 aliphatic heterocycles. The minimum atomic E-state index is -0.0407. The maximum atomic E-state index is 12.6. The van der Waals surface area contributed by atoms with Crippen LogP contribution in [0.1, 0.15) is 46.2 Å². The maximum Gasteiger partial charge on any atom is 0.278 e. The average molecular weight is 256 g/mol. The van der Waals surface area contributed by atoms with Gasteiger partial charge in [-0.2, -0.15) is 5.10 Å². The van der Waals surface area contributed by atoms with Gasteiger partial charge in [-0.05, 0) is 44.4 Å². The molecular weight excluding hydrogens is 236 g/mol. The number of hydrogen-bond donors (Lipinski definition) is 0. The molecule has 0 aliphatic rings. The van der Waals surface area contributed by atoms with E-state index in [2.05, 4.69) is 12.0 Å². The van der Waals surface area contributed by atoms with Crippen LogP contribution in [0.4, 0.5) is 0 Å². The first-order valence-electron chi connectivity index (χ1n) is 6.71. The van der Waals surface area contributed by atoms with Crippen molar-refractivity contribution >= 4 is 5.91 Å². The molecule has 1 aromatic heterocycles. The summed E-state index contributed by atoms with van der Waals surface area (Å²) in [5, 5.41) is 4.41. The van der Waals surface area contributed by atoms with Gasteiger partial charge < -0.3 is 0 Å². The maximum absolute atomic E-state index is 12.6. The Morgan fingerprint density at radius 1 is 1.21 bits per heavy atom. The minimum absolute atomic E-state index is 0.0407. The zero-order valence-electron chi connectivity index (χ0n) is 12.0. The van der Waals surface area contributed by atoms with E-state index in [4.69, 9.17) is 0 Å². The lowest BCUT2D eigenvalue weighted by atomic mass is 10.1. The van der Waals surface area contributed by atoms with Crippen molar-refractivity contribution in [2.24, 2.45) is 0 Å². The van der Waals surface area contributed by atoms with Gasteiger partial charge in [0.1, 0.15) is 0 Å². The largest absolute Gasteiger partial charge is 0.278 e. The fraction of sp³-hybridized carbons (Fsp3) is 0.375. The summed E-state index contributed by atoms with van der Waals surface area (Å²) in [5.41, 5.74) is 4.83. The van der Waals surface area contributed by atoms with Crippen molar-refractivity contribution in [1.29, 1.82) is 0 Å². The third-order valence-corrected chi connectivity index (χ3v) is 3.51. The molecule has 0 bridgehead atoms. The van der Waals surface area contributed by atoms with Crippen LogP contribution in [0.25, 0.3) is 0 Å². The fourth-order valence-electron chi connectivity index (χ4n) is 2.41. The Morgan fingerprint density at radius 2 is 1.89 bits per heavy atom. The van der Waals surface area contributed by atoms with Crippen molar-refractivity contribution in [3.8, 4) is 0 Å². The molecule has 1 aromatic carbocycles. The van der Waals surface area contributed by atoms with Crippen molar-refractivity contribution in [3.63, 3.8) is 0 Å². The summed E-state index contributed by atoms with van der Waals surface area (Å²) in [6, 6.07) is 7.63. The topological polar surface area (TPSA) is 34.9 Å². The molecule has 0 atom stereocenters. The molecule has 2 rings (SSSR count). The summed E-state index contributed by atoms with van der Waals surface area (Å²) in [7, 11) is 0. The Kier molecular flexibility index (Phi) is 3.84. The molecule has 0 spiro atoms. The van der Waals surface area contributed by atoms with Gasteiger partial charge in [0.05, 0.1) is 5.69 Å². The predicted octanol–water partition coefficient (Wildman–Crippen LogP) is 3.45. The Bertz CT molecular complexity index is 611. The van der Waals surface area contributed by atoms with Crippen LogP contribution >= 0.6 is 0 Å². The van der Waals surface area contributed by atoms with Gasteiger partial charge in [0.25, 0.3) is 5.91 Å². The smallest absolute Gasteiger partial charge is 0.267 e. The second-order valence-electron chi connectivity index (χ2n) is 4.93. The SMILES string of the molecule is CCCc1c(C)nn(C(=O)c2ccccc2C)c1C. The van der Waals surface area contributed by atoms with Crippen LogP contribution in [0.15, 0.2) is 24.3 Å². The van der Waals surface area contributed by atoms with Crippen LogP contribution in [-0.4, -0.2) is 15.7 Å². The van der Waals surface area contributed by atoms with Gasteiger partial charge in [-0.1, -0.05) is 31.5 Å². The van der Waals surface area contributed by atoms with Gasteiger partial charge in [0.2, 0.25) is 0 Å². The van der Waals surface area contributed by atoms with Crippen LogP contribution in [0, 0.1) is 20.8 Å². The van der Waals surface area contributed by atoms with E-state index in [1.165, 1.54) is 5.56 Å². The molecule has 0 saturated heterocycles. The quantitative estimate of drug-likeness (QED) is 0.843. The Morgan fingerprint density at radius 3 is 2.53 bits per heavy atom. The normalized spacial score (nSPS) is 10.7. The zero-order chi connectivity index (χ0) is 14.0. The molecule has 3 nitrogen and oxygen atoms in total. The molecule has 0 unspecified atom stereocenters. The lowest BCUT2D eigenvalue weighted by Gasteiger charge is -2.06. The zero-order valence-corrected chi connectivity index (χ0v) is 12.0. The van der Waals surface area contributed by atoms with E-state index in [1.54, 1.807) is 4.68 Å². The number of aromatic nitrogens is 2. The number of carbonyl (C=O) groups excluding carboxylic acids is 1. The van der Waals surface area contributed by atoms with E-state index in [-0.39, 0.29) is 5.91 Å². The first-order valence-corrected chi connectivity index (χ1v) is 6.71. The highest BCUT2D eigenvalue weighted by molar-refractivity contribution is 5.97. The van der Waals surface area contributed by atoms with Crippen LogP contribution in [0.2, 0.25) is 0 Å². The molecule has 1 heterocycles. The molecule has 0 saturated carbocycles.